The molecule has 2 amide bonds. The molecule has 6 N–H and O–H groups in total. The van der Waals surface area contributed by atoms with Crippen LogP contribution in [0, 0.1) is 5.92 Å². The average molecular weight is 396 g/mol. The number of carbonyl (C=O) groups is 2. The predicted molar refractivity (Wildman–Crippen MR) is 112 cm³/mol. The minimum absolute atomic E-state index is 0.131. The molecule has 7 heteroatoms. The third-order valence-electron chi connectivity index (χ3n) is 5.13. The van der Waals surface area contributed by atoms with Crippen LogP contribution in [0.25, 0.3) is 0 Å². The van der Waals surface area contributed by atoms with Crippen molar-refractivity contribution in [1.82, 2.24) is 10.6 Å². The lowest BCUT2D eigenvalue weighted by Crippen LogP contribution is -2.50. The summed E-state index contributed by atoms with van der Waals surface area (Å²) in [7, 11) is 0. The molecule has 0 bridgehead atoms. The number of fused-ring (bicyclic) bond motifs is 1. The number of hydrogen-bond donors (Lipinski definition) is 5. The smallest absolute Gasteiger partial charge is 0.242 e. The maximum atomic E-state index is 12.8. The Hall–Kier alpha value is -3.06. The summed E-state index contributed by atoms with van der Waals surface area (Å²) in [6.07, 6.45) is 1.78. The predicted octanol–water partition coefficient (Wildman–Crippen LogP) is 1.52. The second-order valence-electron chi connectivity index (χ2n) is 7.32. The number of amides is 2. The van der Waals surface area contributed by atoms with E-state index in [0.29, 0.717) is 38.9 Å². The zero-order valence-corrected chi connectivity index (χ0v) is 16.4. The van der Waals surface area contributed by atoms with Crippen LogP contribution in [0.1, 0.15) is 24.0 Å². The molecule has 0 aliphatic carbocycles. The number of carbonyl (C=O) groups excluding carboxylic acids is 2. The largest absolute Gasteiger partial charge is 0.508 e. The Morgan fingerprint density at radius 3 is 2.69 bits per heavy atom. The second kappa shape index (κ2) is 9.93. The summed E-state index contributed by atoms with van der Waals surface area (Å²) >= 11 is 0. The topological polar surface area (TPSA) is 116 Å². The van der Waals surface area contributed by atoms with Crippen LogP contribution < -0.4 is 21.7 Å². The summed E-state index contributed by atoms with van der Waals surface area (Å²) in [6, 6.07) is 14.0. The van der Waals surface area contributed by atoms with Gasteiger partial charge in [0, 0.05) is 18.8 Å². The minimum Gasteiger partial charge on any atom is -0.508 e. The zero-order chi connectivity index (χ0) is 20.6. The summed E-state index contributed by atoms with van der Waals surface area (Å²) in [6.45, 7) is 1.32. The van der Waals surface area contributed by atoms with Crippen LogP contribution in [0.15, 0.2) is 48.5 Å². The molecule has 0 radical (unpaired) electrons. The van der Waals surface area contributed by atoms with E-state index in [4.69, 9.17) is 5.73 Å². The molecular weight excluding hydrogens is 368 g/mol. The van der Waals surface area contributed by atoms with Crippen molar-refractivity contribution in [3.8, 4) is 5.75 Å². The molecule has 0 spiro atoms. The highest BCUT2D eigenvalue weighted by Gasteiger charge is 2.28. The Kier molecular flexibility index (Phi) is 7.08. The molecule has 1 unspecified atom stereocenters. The highest BCUT2D eigenvalue weighted by molar-refractivity contribution is 5.89. The molecule has 2 aromatic rings. The monoisotopic (exact) mass is 396 g/mol. The maximum absolute atomic E-state index is 12.8. The van der Waals surface area contributed by atoms with E-state index in [1.54, 1.807) is 24.3 Å². The molecule has 2 aromatic carbocycles. The van der Waals surface area contributed by atoms with Crippen LogP contribution >= 0.6 is 0 Å². The quantitative estimate of drug-likeness (QED) is 0.464. The molecule has 0 saturated heterocycles. The lowest BCUT2D eigenvalue weighted by atomic mass is 9.93. The van der Waals surface area contributed by atoms with Crippen molar-refractivity contribution >= 4 is 17.5 Å². The van der Waals surface area contributed by atoms with Gasteiger partial charge in [0.15, 0.2) is 0 Å². The fourth-order valence-electron chi connectivity index (χ4n) is 3.43. The lowest BCUT2D eigenvalue weighted by molar-refractivity contribution is -0.131. The van der Waals surface area contributed by atoms with E-state index in [1.807, 2.05) is 24.3 Å². The molecular formula is C22H28N4O3. The normalized spacial score (nSPS) is 16.2. The van der Waals surface area contributed by atoms with Gasteiger partial charge in [-0.1, -0.05) is 30.3 Å². The number of hydrogen-bond acceptors (Lipinski definition) is 5. The van der Waals surface area contributed by atoms with Crippen molar-refractivity contribution in [3.63, 3.8) is 0 Å². The van der Waals surface area contributed by atoms with E-state index in [1.165, 1.54) is 0 Å². The summed E-state index contributed by atoms with van der Waals surface area (Å²) in [4.78, 5) is 25.5. The van der Waals surface area contributed by atoms with Gasteiger partial charge in [-0.15, -0.1) is 0 Å². The van der Waals surface area contributed by atoms with Gasteiger partial charge in [0.2, 0.25) is 11.8 Å². The molecule has 0 saturated carbocycles. The number of phenols is 1. The summed E-state index contributed by atoms with van der Waals surface area (Å²) in [5.41, 5.74) is 8.64. The molecule has 1 heterocycles. The molecule has 1 aliphatic heterocycles. The van der Waals surface area contributed by atoms with E-state index in [2.05, 4.69) is 16.0 Å². The van der Waals surface area contributed by atoms with Crippen molar-refractivity contribution < 1.29 is 14.7 Å². The third-order valence-corrected chi connectivity index (χ3v) is 5.13. The Bertz CT molecular complexity index is 838. The first-order chi connectivity index (χ1) is 14.1. The lowest BCUT2D eigenvalue weighted by Gasteiger charge is -2.27. The van der Waals surface area contributed by atoms with E-state index in [9.17, 15) is 14.7 Å². The van der Waals surface area contributed by atoms with Crippen LogP contribution in [-0.2, 0) is 22.6 Å². The van der Waals surface area contributed by atoms with Gasteiger partial charge in [0.05, 0.1) is 5.92 Å². The van der Waals surface area contributed by atoms with Gasteiger partial charge in [-0.3, -0.25) is 9.59 Å². The van der Waals surface area contributed by atoms with Gasteiger partial charge < -0.3 is 26.8 Å². The van der Waals surface area contributed by atoms with Gasteiger partial charge in [0.1, 0.15) is 11.8 Å². The first-order valence-corrected chi connectivity index (χ1v) is 9.94. The Labute approximate surface area is 170 Å². The summed E-state index contributed by atoms with van der Waals surface area (Å²) in [5, 5.41) is 18.4. The Balaban J connectivity index is 1.58. The van der Waals surface area contributed by atoms with Crippen LogP contribution in [0.3, 0.4) is 0 Å². The number of para-hydroxylation sites is 1. The number of anilines is 1. The van der Waals surface area contributed by atoms with Crippen LogP contribution in [-0.4, -0.2) is 36.1 Å². The number of aromatic hydroxyl groups is 1. The number of benzene rings is 2. The van der Waals surface area contributed by atoms with Crippen LogP contribution in [0.2, 0.25) is 0 Å². The standard InChI is InChI=1S/C22H28N4O3/c23-11-3-6-20(22(29)25-13-15-7-9-18(27)10-8-15)26-21(28)17-12-16-4-1-2-5-19(16)24-14-17/h1-2,4-5,7-10,17,20,24,27H,3,6,11-14,23H2,(H,25,29)(H,26,28)/t17?,20-/m0/s1. The van der Waals surface area contributed by atoms with Crippen molar-refractivity contribution in [3.05, 3.63) is 59.7 Å². The Morgan fingerprint density at radius 2 is 1.93 bits per heavy atom. The number of nitrogens with one attached hydrogen (secondary N) is 3. The fraction of sp³-hybridized carbons (Fsp3) is 0.364. The highest BCUT2D eigenvalue weighted by atomic mass is 16.3. The Morgan fingerprint density at radius 1 is 1.17 bits per heavy atom. The van der Waals surface area contributed by atoms with Gasteiger partial charge >= 0.3 is 0 Å². The van der Waals surface area contributed by atoms with Gasteiger partial charge in [-0.25, -0.2) is 0 Å². The summed E-state index contributed by atoms with van der Waals surface area (Å²) < 4.78 is 0. The number of nitrogens with two attached hydrogens (primary N) is 1. The molecule has 154 valence electrons. The van der Waals surface area contributed by atoms with E-state index >= 15 is 0 Å². The highest BCUT2D eigenvalue weighted by Crippen LogP contribution is 2.24. The van der Waals surface area contributed by atoms with Gasteiger partial charge in [-0.2, -0.15) is 0 Å². The van der Waals surface area contributed by atoms with Crippen molar-refractivity contribution in [2.75, 3.05) is 18.4 Å². The van der Waals surface area contributed by atoms with Gasteiger partial charge in [-0.05, 0) is 55.1 Å². The minimum atomic E-state index is -0.625. The molecule has 3 rings (SSSR count). The van der Waals surface area contributed by atoms with E-state index in [-0.39, 0.29) is 23.5 Å². The van der Waals surface area contributed by atoms with Gasteiger partial charge in [0.25, 0.3) is 0 Å². The van der Waals surface area contributed by atoms with Crippen LogP contribution in [0.4, 0.5) is 5.69 Å². The zero-order valence-electron chi connectivity index (χ0n) is 16.4. The first kappa shape index (κ1) is 20.7. The van der Waals surface area contributed by atoms with E-state index < -0.39 is 6.04 Å². The molecule has 0 aromatic heterocycles. The average Bonchev–Trinajstić information content (AvgIpc) is 2.75. The number of rotatable bonds is 8. The van der Waals surface area contributed by atoms with Crippen LogP contribution in [0.5, 0.6) is 5.75 Å². The molecule has 0 fully saturated rings. The SMILES string of the molecule is NCCC[C@H](NC(=O)C1CNc2ccccc2C1)C(=O)NCc1ccc(O)cc1. The molecule has 7 nitrogen and oxygen atoms in total. The summed E-state index contributed by atoms with van der Waals surface area (Å²) in [5.74, 6) is -0.413. The van der Waals surface area contributed by atoms with E-state index in [0.717, 1.165) is 16.8 Å². The van der Waals surface area contributed by atoms with Crippen molar-refractivity contribution in [2.45, 2.75) is 31.8 Å². The maximum Gasteiger partial charge on any atom is 0.242 e. The molecule has 29 heavy (non-hydrogen) atoms. The fourth-order valence-corrected chi connectivity index (χ4v) is 3.43. The third kappa shape index (κ3) is 5.71. The molecule has 2 atom stereocenters. The van der Waals surface area contributed by atoms with Crippen molar-refractivity contribution in [2.24, 2.45) is 11.7 Å². The first-order valence-electron chi connectivity index (χ1n) is 9.94. The second-order valence-corrected chi connectivity index (χ2v) is 7.32. The number of phenolic OH excluding ortho intramolecular Hbond substituents is 1. The van der Waals surface area contributed by atoms with Crippen molar-refractivity contribution in [1.29, 1.82) is 0 Å². The molecule has 1 aliphatic rings.